The number of fused-ring (bicyclic) bond motifs is 1. The summed E-state index contributed by atoms with van der Waals surface area (Å²) < 4.78 is 5.09. The summed E-state index contributed by atoms with van der Waals surface area (Å²) in [6.45, 7) is 1.78. The van der Waals surface area contributed by atoms with Crippen molar-refractivity contribution >= 4 is 10.9 Å². The molecule has 0 saturated heterocycles. The molecule has 3 rings (SSSR count). The van der Waals surface area contributed by atoms with Crippen LogP contribution in [0.15, 0.2) is 35.0 Å². The number of H-pyrrole nitrogens is 1. The van der Waals surface area contributed by atoms with Gasteiger partial charge in [-0.05, 0) is 25.0 Å². The van der Waals surface area contributed by atoms with Crippen LogP contribution in [0.4, 0.5) is 0 Å². The van der Waals surface area contributed by atoms with E-state index < -0.39 is 0 Å². The lowest BCUT2D eigenvalue weighted by molar-refractivity contribution is 0.351. The highest BCUT2D eigenvalue weighted by Crippen LogP contribution is 2.22. The van der Waals surface area contributed by atoms with Gasteiger partial charge in [0.05, 0.1) is 6.04 Å². The van der Waals surface area contributed by atoms with Gasteiger partial charge < -0.3 is 15.2 Å². The lowest BCUT2D eigenvalue weighted by atomic mass is 10.1. The van der Waals surface area contributed by atoms with Crippen LogP contribution in [-0.4, -0.2) is 15.1 Å². The highest BCUT2D eigenvalue weighted by Gasteiger charge is 2.15. The summed E-state index contributed by atoms with van der Waals surface area (Å²) in [5.74, 6) is 1.09. The summed E-state index contributed by atoms with van der Waals surface area (Å²) >= 11 is 0. The molecular weight excluding hydrogens is 228 g/mol. The van der Waals surface area contributed by atoms with Gasteiger partial charge in [0.15, 0.2) is 5.82 Å². The zero-order chi connectivity index (χ0) is 12.5. The minimum atomic E-state index is -0.273. The van der Waals surface area contributed by atoms with Crippen molar-refractivity contribution in [3.8, 4) is 0 Å². The van der Waals surface area contributed by atoms with Crippen LogP contribution in [0, 0.1) is 6.92 Å². The van der Waals surface area contributed by atoms with Crippen molar-refractivity contribution in [1.29, 1.82) is 0 Å². The van der Waals surface area contributed by atoms with Crippen LogP contribution in [0.3, 0.4) is 0 Å². The second kappa shape index (κ2) is 4.27. The molecule has 0 amide bonds. The van der Waals surface area contributed by atoms with Crippen molar-refractivity contribution in [3.05, 3.63) is 47.7 Å². The molecule has 1 unspecified atom stereocenters. The zero-order valence-corrected chi connectivity index (χ0v) is 10.1. The van der Waals surface area contributed by atoms with E-state index in [1.54, 1.807) is 6.92 Å². The normalized spacial score (nSPS) is 13.0. The van der Waals surface area contributed by atoms with Crippen LogP contribution >= 0.6 is 0 Å². The van der Waals surface area contributed by atoms with E-state index in [1.165, 1.54) is 5.39 Å². The van der Waals surface area contributed by atoms with Gasteiger partial charge in [0.1, 0.15) is 0 Å². The van der Waals surface area contributed by atoms with Crippen molar-refractivity contribution in [1.82, 2.24) is 15.1 Å². The second-order valence-electron chi connectivity index (χ2n) is 4.35. The highest BCUT2D eigenvalue weighted by atomic mass is 16.5. The van der Waals surface area contributed by atoms with E-state index >= 15 is 0 Å². The monoisotopic (exact) mass is 242 g/mol. The summed E-state index contributed by atoms with van der Waals surface area (Å²) in [6.07, 6.45) is 2.65. The molecule has 18 heavy (non-hydrogen) atoms. The minimum absolute atomic E-state index is 0.273. The summed E-state index contributed by atoms with van der Waals surface area (Å²) in [5, 5.41) is 4.94. The quantitative estimate of drug-likeness (QED) is 0.737. The molecule has 5 heteroatoms. The average molecular weight is 242 g/mol. The molecule has 3 aromatic rings. The lowest BCUT2D eigenvalue weighted by Crippen LogP contribution is -2.13. The van der Waals surface area contributed by atoms with Crippen LogP contribution in [0.2, 0.25) is 0 Å². The molecule has 2 heterocycles. The number of hydrogen-bond donors (Lipinski definition) is 2. The first kappa shape index (κ1) is 11.0. The second-order valence-corrected chi connectivity index (χ2v) is 4.35. The van der Waals surface area contributed by atoms with E-state index in [0.717, 1.165) is 11.1 Å². The van der Waals surface area contributed by atoms with Gasteiger partial charge in [-0.2, -0.15) is 4.98 Å². The number of nitrogens with zero attached hydrogens (tertiary/aromatic N) is 2. The predicted octanol–water partition coefficient (Wildman–Crippen LogP) is 2.10. The Labute approximate surface area is 104 Å². The summed E-state index contributed by atoms with van der Waals surface area (Å²) in [4.78, 5) is 7.39. The fourth-order valence-corrected chi connectivity index (χ4v) is 2.09. The van der Waals surface area contributed by atoms with Crippen molar-refractivity contribution < 1.29 is 4.52 Å². The standard InChI is InChI=1S/C13H14N4O/c1-8-16-13(18-17-8)11(14)6-9-7-15-12-5-3-2-4-10(9)12/h2-5,7,11,15H,6,14H2,1H3. The summed E-state index contributed by atoms with van der Waals surface area (Å²) in [6, 6.07) is 7.87. The molecule has 0 radical (unpaired) electrons. The average Bonchev–Trinajstić information content (AvgIpc) is 2.97. The van der Waals surface area contributed by atoms with Gasteiger partial charge in [-0.15, -0.1) is 0 Å². The van der Waals surface area contributed by atoms with Gasteiger partial charge in [0, 0.05) is 17.1 Å². The van der Waals surface area contributed by atoms with Crippen LogP contribution in [0.1, 0.15) is 23.3 Å². The van der Waals surface area contributed by atoms with Crippen LogP contribution in [0.25, 0.3) is 10.9 Å². The molecule has 3 N–H and O–H groups in total. The maximum Gasteiger partial charge on any atom is 0.243 e. The van der Waals surface area contributed by atoms with E-state index in [1.807, 2.05) is 24.4 Å². The van der Waals surface area contributed by atoms with Crippen molar-refractivity contribution in [3.63, 3.8) is 0 Å². The number of benzene rings is 1. The molecule has 1 aromatic carbocycles. The predicted molar refractivity (Wildman–Crippen MR) is 68.0 cm³/mol. The molecule has 0 aliphatic rings. The van der Waals surface area contributed by atoms with Gasteiger partial charge in [-0.1, -0.05) is 23.4 Å². The molecular formula is C13H14N4O. The number of para-hydroxylation sites is 1. The van der Waals surface area contributed by atoms with E-state index in [2.05, 4.69) is 21.2 Å². The Hall–Kier alpha value is -2.14. The third kappa shape index (κ3) is 1.89. The molecule has 0 aliphatic carbocycles. The van der Waals surface area contributed by atoms with Crippen LogP contribution in [-0.2, 0) is 6.42 Å². The summed E-state index contributed by atoms with van der Waals surface area (Å²) in [7, 11) is 0. The first-order chi connectivity index (χ1) is 8.74. The van der Waals surface area contributed by atoms with E-state index in [-0.39, 0.29) is 6.04 Å². The van der Waals surface area contributed by atoms with Gasteiger partial charge in [0.25, 0.3) is 0 Å². The SMILES string of the molecule is Cc1noc(C(N)Cc2c[nH]c3ccccc23)n1. The number of aromatic amines is 1. The van der Waals surface area contributed by atoms with E-state index in [0.29, 0.717) is 18.1 Å². The first-order valence-electron chi connectivity index (χ1n) is 5.85. The Morgan fingerprint density at radius 1 is 1.39 bits per heavy atom. The Morgan fingerprint density at radius 2 is 2.22 bits per heavy atom. The fraction of sp³-hybridized carbons (Fsp3) is 0.231. The molecule has 5 nitrogen and oxygen atoms in total. The lowest BCUT2D eigenvalue weighted by Gasteiger charge is -2.05. The number of rotatable bonds is 3. The van der Waals surface area contributed by atoms with Gasteiger partial charge in [-0.25, -0.2) is 0 Å². The molecule has 0 saturated carbocycles. The number of hydrogen-bond acceptors (Lipinski definition) is 4. The molecule has 0 spiro atoms. The molecule has 0 fully saturated rings. The van der Waals surface area contributed by atoms with Gasteiger partial charge in [-0.3, -0.25) is 0 Å². The van der Waals surface area contributed by atoms with E-state index in [4.69, 9.17) is 10.3 Å². The van der Waals surface area contributed by atoms with Crippen molar-refractivity contribution in [2.45, 2.75) is 19.4 Å². The molecule has 92 valence electrons. The number of nitrogens with one attached hydrogen (secondary N) is 1. The minimum Gasteiger partial charge on any atom is -0.361 e. The Kier molecular flexibility index (Phi) is 2.60. The first-order valence-corrected chi connectivity index (χ1v) is 5.85. The summed E-state index contributed by atoms with van der Waals surface area (Å²) in [5.41, 5.74) is 8.35. The Balaban J connectivity index is 1.88. The Morgan fingerprint density at radius 3 is 3.00 bits per heavy atom. The zero-order valence-electron chi connectivity index (χ0n) is 10.1. The van der Waals surface area contributed by atoms with Gasteiger partial charge in [0.2, 0.25) is 5.89 Å². The van der Waals surface area contributed by atoms with E-state index in [9.17, 15) is 0 Å². The van der Waals surface area contributed by atoms with Crippen molar-refractivity contribution in [2.75, 3.05) is 0 Å². The van der Waals surface area contributed by atoms with Crippen molar-refractivity contribution in [2.24, 2.45) is 5.73 Å². The molecule has 0 bridgehead atoms. The maximum atomic E-state index is 6.08. The maximum absolute atomic E-state index is 6.08. The molecule has 1 atom stereocenters. The third-order valence-corrected chi connectivity index (χ3v) is 2.98. The Bertz CT molecular complexity index is 670. The topological polar surface area (TPSA) is 80.7 Å². The highest BCUT2D eigenvalue weighted by molar-refractivity contribution is 5.83. The fourth-order valence-electron chi connectivity index (χ4n) is 2.09. The number of nitrogens with two attached hydrogens (primary N) is 1. The smallest absolute Gasteiger partial charge is 0.243 e. The van der Waals surface area contributed by atoms with Crippen LogP contribution in [0.5, 0.6) is 0 Å². The number of aryl methyl sites for hydroxylation is 1. The largest absolute Gasteiger partial charge is 0.361 e. The van der Waals surface area contributed by atoms with Crippen LogP contribution < -0.4 is 5.73 Å². The van der Waals surface area contributed by atoms with Gasteiger partial charge >= 0.3 is 0 Å². The number of aromatic nitrogens is 3. The molecule has 0 aliphatic heterocycles. The molecule has 2 aromatic heterocycles. The third-order valence-electron chi connectivity index (χ3n) is 2.98.